The fourth-order valence-corrected chi connectivity index (χ4v) is 2.48. The number of benzene rings is 1. The predicted molar refractivity (Wildman–Crippen MR) is 96.5 cm³/mol. The second-order valence-corrected chi connectivity index (χ2v) is 5.73. The van der Waals surface area contributed by atoms with Crippen LogP contribution < -0.4 is 15.6 Å². The smallest absolute Gasteiger partial charge is 0.266 e. The van der Waals surface area contributed by atoms with Gasteiger partial charge < -0.3 is 14.5 Å². The van der Waals surface area contributed by atoms with Crippen molar-refractivity contribution in [3.05, 3.63) is 65.1 Å². The van der Waals surface area contributed by atoms with E-state index < -0.39 is 17.6 Å². The van der Waals surface area contributed by atoms with Crippen LogP contribution in [0, 0.1) is 0 Å². The lowest BCUT2D eigenvalue weighted by atomic mass is 10.3. The average Bonchev–Trinajstić information content (AvgIpc) is 3.31. The van der Waals surface area contributed by atoms with Crippen LogP contribution >= 0.6 is 0 Å². The summed E-state index contributed by atoms with van der Waals surface area (Å²) < 4.78 is 12.2. The molecule has 0 saturated carbocycles. The van der Waals surface area contributed by atoms with Gasteiger partial charge in [0.1, 0.15) is 11.6 Å². The molecule has 1 aromatic carbocycles. The van der Waals surface area contributed by atoms with Gasteiger partial charge in [-0.2, -0.15) is 9.50 Å². The molecule has 0 bridgehead atoms. The van der Waals surface area contributed by atoms with Gasteiger partial charge in [-0.25, -0.2) is 0 Å². The summed E-state index contributed by atoms with van der Waals surface area (Å²) in [6, 6.07) is 13.6. The summed E-state index contributed by atoms with van der Waals surface area (Å²) in [7, 11) is 0. The quantitative estimate of drug-likeness (QED) is 0.560. The van der Waals surface area contributed by atoms with E-state index in [4.69, 9.17) is 9.15 Å². The molecule has 136 valence electrons. The first-order valence-corrected chi connectivity index (χ1v) is 8.17. The number of aromatic nitrogens is 4. The molecule has 0 unspecified atom stereocenters. The van der Waals surface area contributed by atoms with Gasteiger partial charge in [0, 0.05) is 6.07 Å². The van der Waals surface area contributed by atoms with Crippen molar-refractivity contribution in [1.82, 2.24) is 19.6 Å². The van der Waals surface area contributed by atoms with Crippen LogP contribution in [0.3, 0.4) is 0 Å². The molecule has 9 heteroatoms. The van der Waals surface area contributed by atoms with Crippen LogP contribution in [0.5, 0.6) is 5.75 Å². The van der Waals surface area contributed by atoms with Crippen molar-refractivity contribution in [2.75, 3.05) is 5.32 Å². The van der Waals surface area contributed by atoms with Gasteiger partial charge in [-0.1, -0.05) is 18.2 Å². The number of carbonyl (C=O) groups is 1. The summed E-state index contributed by atoms with van der Waals surface area (Å²) in [5.74, 6) is 1.22. The molecular weight excluding hydrogens is 350 g/mol. The Morgan fingerprint density at radius 3 is 2.81 bits per heavy atom. The standard InChI is InChI=1S/C18H15N5O4/c1-11(27-12-6-3-2-4-7-12)17(25)19-14-10-15(24)20-18-21-16(22-23(14)18)13-8-5-9-26-13/h2-11H,1H3,(H,19,25)(H,20,21,22,24)/t11-/m1/s1. The van der Waals surface area contributed by atoms with Crippen LogP contribution in [0.15, 0.2) is 64.0 Å². The van der Waals surface area contributed by atoms with Crippen LogP contribution in [0.25, 0.3) is 17.4 Å². The number of fused-ring (bicyclic) bond motifs is 1. The van der Waals surface area contributed by atoms with E-state index in [-0.39, 0.29) is 17.4 Å². The van der Waals surface area contributed by atoms with Crippen LogP contribution in [-0.2, 0) is 4.79 Å². The van der Waals surface area contributed by atoms with Crippen LogP contribution in [0.2, 0.25) is 0 Å². The Balaban J connectivity index is 1.61. The predicted octanol–water partition coefficient (Wildman–Crippen LogP) is 2.08. The Morgan fingerprint density at radius 2 is 2.07 bits per heavy atom. The second-order valence-electron chi connectivity index (χ2n) is 5.73. The monoisotopic (exact) mass is 365 g/mol. The molecule has 0 aliphatic heterocycles. The van der Waals surface area contributed by atoms with Crippen molar-refractivity contribution in [2.24, 2.45) is 0 Å². The van der Waals surface area contributed by atoms with E-state index in [1.807, 2.05) is 18.2 Å². The lowest BCUT2D eigenvalue weighted by Gasteiger charge is -2.14. The number of amides is 1. The number of furan rings is 1. The molecule has 4 rings (SSSR count). The summed E-state index contributed by atoms with van der Waals surface area (Å²) in [6.45, 7) is 1.61. The lowest BCUT2D eigenvalue weighted by Crippen LogP contribution is -2.31. The minimum atomic E-state index is -0.783. The molecule has 4 aromatic rings. The molecule has 9 nitrogen and oxygen atoms in total. The van der Waals surface area contributed by atoms with E-state index in [9.17, 15) is 9.59 Å². The number of nitrogens with one attached hydrogen (secondary N) is 2. The van der Waals surface area contributed by atoms with Gasteiger partial charge in [0.2, 0.25) is 11.6 Å². The number of carbonyl (C=O) groups excluding carboxylic acids is 1. The zero-order chi connectivity index (χ0) is 18.8. The number of ether oxygens (including phenoxy) is 1. The van der Waals surface area contributed by atoms with Gasteiger partial charge in [-0.3, -0.25) is 14.6 Å². The van der Waals surface area contributed by atoms with Crippen molar-refractivity contribution in [1.29, 1.82) is 0 Å². The summed E-state index contributed by atoms with van der Waals surface area (Å²) in [4.78, 5) is 31.2. The first-order valence-electron chi connectivity index (χ1n) is 8.17. The number of rotatable bonds is 5. The molecule has 0 saturated heterocycles. The Bertz CT molecular complexity index is 1130. The van der Waals surface area contributed by atoms with Crippen molar-refractivity contribution < 1.29 is 13.9 Å². The molecule has 2 N–H and O–H groups in total. The number of anilines is 1. The number of para-hydroxylation sites is 1. The summed E-state index contributed by atoms with van der Waals surface area (Å²) >= 11 is 0. The Kier molecular flexibility index (Phi) is 4.17. The first kappa shape index (κ1) is 16.6. The zero-order valence-corrected chi connectivity index (χ0v) is 14.2. The minimum absolute atomic E-state index is 0.174. The summed E-state index contributed by atoms with van der Waals surface area (Å²) in [5.41, 5.74) is -0.423. The largest absolute Gasteiger partial charge is 0.481 e. The molecule has 0 spiro atoms. The number of hydrogen-bond acceptors (Lipinski definition) is 6. The number of hydrogen-bond donors (Lipinski definition) is 2. The van der Waals surface area contributed by atoms with Crippen LogP contribution in [-0.4, -0.2) is 31.6 Å². The molecular formula is C18H15N5O4. The maximum absolute atomic E-state index is 12.5. The van der Waals surface area contributed by atoms with E-state index in [0.29, 0.717) is 11.5 Å². The number of H-pyrrole nitrogens is 1. The minimum Gasteiger partial charge on any atom is -0.481 e. The fourth-order valence-electron chi connectivity index (χ4n) is 2.48. The molecule has 0 fully saturated rings. The highest BCUT2D eigenvalue weighted by Gasteiger charge is 2.18. The second kappa shape index (κ2) is 6.79. The highest BCUT2D eigenvalue weighted by atomic mass is 16.5. The van der Waals surface area contributed by atoms with E-state index in [1.54, 1.807) is 31.2 Å². The van der Waals surface area contributed by atoms with Gasteiger partial charge >= 0.3 is 0 Å². The zero-order valence-electron chi connectivity index (χ0n) is 14.2. The van der Waals surface area contributed by atoms with E-state index in [0.717, 1.165) is 0 Å². The Labute approximate surface area is 152 Å². The molecule has 0 radical (unpaired) electrons. The van der Waals surface area contributed by atoms with Crippen molar-refractivity contribution >= 4 is 17.5 Å². The molecule has 0 aliphatic carbocycles. The fraction of sp³-hybridized carbons (Fsp3) is 0.111. The lowest BCUT2D eigenvalue weighted by molar-refractivity contribution is -0.122. The molecule has 1 atom stereocenters. The average molecular weight is 365 g/mol. The van der Waals surface area contributed by atoms with Gasteiger partial charge in [0.05, 0.1) is 6.26 Å². The van der Waals surface area contributed by atoms with E-state index in [2.05, 4.69) is 20.4 Å². The topological polar surface area (TPSA) is 115 Å². The van der Waals surface area contributed by atoms with Crippen molar-refractivity contribution in [3.8, 4) is 17.3 Å². The number of nitrogens with zero attached hydrogens (tertiary/aromatic N) is 3. The van der Waals surface area contributed by atoms with Gasteiger partial charge in [-0.15, -0.1) is 5.10 Å². The highest BCUT2D eigenvalue weighted by molar-refractivity contribution is 5.93. The maximum atomic E-state index is 12.5. The van der Waals surface area contributed by atoms with Gasteiger partial charge in [0.25, 0.3) is 11.5 Å². The number of aromatic amines is 1. The molecule has 3 aromatic heterocycles. The van der Waals surface area contributed by atoms with E-state index in [1.165, 1.54) is 16.8 Å². The molecule has 3 heterocycles. The first-order chi connectivity index (χ1) is 13.1. The third-order valence-corrected chi connectivity index (χ3v) is 3.76. The molecule has 0 aliphatic rings. The summed E-state index contributed by atoms with van der Waals surface area (Å²) in [6.07, 6.45) is 0.713. The third-order valence-electron chi connectivity index (χ3n) is 3.76. The van der Waals surface area contributed by atoms with Gasteiger partial charge in [-0.05, 0) is 31.2 Å². The van der Waals surface area contributed by atoms with Gasteiger partial charge in [0.15, 0.2) is 11.9 Å². The SMILES string of the molecule is C[C@@H](Oc1ccccc1)C(=O)Nc1cc(=O)[nH]c2nc(-c3ccco3)nn12. The normalized spacial score (nSPS) is 12.0. The Hall–Kier alpha value is -3.88. The van der Waals surface area contributed by atoms with Crippen molar-refractivity contribution in [3.63, 3.8) is 0 Å². The molecule has 27 heavy (non-hydrogen) atoms. The molecule has 1 amide bonds. The van der Waals surface area contributed by atoms with Crippen LogP contribution in [0.1, 0.15) is 6.92 Å². The third kappa shape index (κ3) is 3.43. The van der Waals surface area contributed by atoms with E-state index >= 15 is 0 Å². The summed E-state index contributed by atoms with van der Waals surface area (Å²) in [5, 5.41) is 6.93. The maximum Gasteiger partial charge on any atom is 0.266 e. The highest BCUT2D eigenvalue weighted by Crippen LogP contribution is 2.17. The Morgan fingerprint density at radius 1 is 1.26 bits per heavy atom. The van der Waals surface area contributed by atoms with Crippen LogP contribution in [0.4, 0.5) is 5.82 Å². The van der Waals surface area contributed by atoms with Crippen molar-refractivity contribution in [2.45, 2.75) is 13.0 Å².